The molecule has 2 nitrogen and oxygen atoms in total. The van der Waals surface area contributed by atoms with Crippen LogP contribution in [-0.2, 0) is 4.79 Å². The fourth-order valence-electron chi connectivity index (χ4n) is 0.286. The van der Waals surface area contributed by atoms with E-state index in [0.29, 0.717) is 0 Å². The molecule has 1 aliphatic heterocycles. The SMILES string of the molecule is O=C=S1C=CN=C1. The first-order valence-corrected chi connectivity index (χ1v) is 3.08. The zero-order chi connectivity index (χ0) is 5.11. The van der Waals surface area contributed by atoms with Gasteiger partial charge in [-0.25, -0.2) is 4.79 Å². The van der Waals surface area contributed by atoms with Crippen LogP contribution in [0.5, 0.6) is 0 Å². The molecule has 0 spiro atoms. The quantitative estimate of drug-likeness (QED) is 0.428. The number of hydrogen-bond donors (Lipinski definition) is 0. The standard InChI is InChI=1S/C4H3NOS/c6-4-7-2-1-5-3-7/h1-3H. The summed E-state index contributed by atoms with van der Waals surface area (Å²) in [5, 5.41) is 3.52. The van der Waals surface area contributed by atoms with Crippen LogP contribution in [0.3, 0.4) is 0 Å². The second kappa shape index (κ2) is 1.87. The van der Waals surface area contributed by atoms with Gasteiger partial charge < -0.3 is 0 Å². The van der Waals surface area contributed by atoms with Crippen LogP contribution < -0.4 is 0 Å². The van der Waals surface area contributed by atoms with Crippen molar-refractivity contribution in [3.63, 3.8) is 0 Å². The summed E-state index contributed by atoms with van der Waals surface area (Å²) in [6.45, 7) is 0. The number of hydrogen-bond acceptors (Lipinski definition) is 2. The molecule has 0 N–H and O–H groups in total. The fourth-order valence-corrected chi connectivity index (χ4v) is 0.858. The maximum Gasteiger partial charge on any atom is 0.165 e. The molecule has 1 aliphatic rings. The first-order valence-electron chi connectivity index (χ1n) is 1.73. The summed E-state index contributed by atoms with van der Waals surface area (Å²) in [5.41, 5.74) is 1.58. The Hall–Kier alpha value is -0.660. The third-order valence-corrected chi connectivity index (χ3v) is 1.52. The van der Waals surface area contributed by atoms with Gasteiger partial charge in [0, 0.05) is 6.20 Å². The van der Waals surface area contributed by atoms with Crippen molar-refractivity contribution in [2.24, 2.45) is 4.99 Å². The topological polar surface area (TPSA) is 29.4 Å². The van der Waals surface area contributed by atoms with Crippen LogP contribution in [0.15, 0.2) is 16.6 Å². The van der Waals surface area contributed by atoms with Gasteiger partial charge >= 0.3 is 0 Å². The first kappa shape index (κ1) is 4.50. The van der Waals surface area contributed by atoms with Crippen molar-refractivity contribution in [2.45, 2.75) is 0 Å². The van der Waals surface area contributed by atoms with Crippen molar-refractivity contribution in [3.05, 3.63) is 11.6 Å². The van der Waals surface area contributed by atoms with Gasteiger partial charge in [-0.3, -0.25) is 4.99 Å². The summed E-state index contributed by atoms with van der Waals surface area (Å²) >= 11 is 0. The molecule has 0 aromatic rings. The smallest absolute Gasteiger partial charge is 0.165 e. The van der Waals surface area contributed by atoms with E-state index in [9.17, 15) is 4.79 Å². The second-order valence-electron chi connectivity index (χ2n) is 0.995. The molecule has 0 amide bonds. The molecule has 1 heterocycles. The van der Waals surface area contributed by atoms with E-state index in [2.05, 4.69) is 4.99 Å². The molecule has 7 heavy (non-hydrogen) atoms. The number of rotatable bonds is 0. The predicted octanol–water partition coefficient (Wildman–Crippen LogP) is 0.836. The lowest BCUT2D eigenvalue weighted by molar-refractivity contribution is 0.572. The lowest BCUT2D eigenvalue weighted by Crippen LogP contribution is -1.53. The molecule has 0 saturated heterocycles. The van der Waals surface area contributed by atoms with Crippen molar-refractivity contribution in [3.8, 4) is 0 Å². The molecule has 0 fully saturated rings. The maximum atomic E-state index is 9.75. The number of carbonyl (C=O) groups excluding carboxylic acids is 1. The number of nitrogens with zero attached hydrogens (tertiary/aromatic N) is 1. The third-order valence-electron chi connectivity index (χ3n) is 0.564. The van der Waals surface area contributed by atoms with E-state index >= 15 is 0 Å². The molecular formula is C4H3NOS. The van der Waals surface area contributed by atoms with Crippen LogP contribution in [-0.4, -0.2) is 10.8 Å². The normalized spacial score (nSPS) is 25.4. The average Bonchev–Trinajstić information content (AvgIpc) is 2.14. The monoisotopic (exact) mass is 113 g/mol. The van der Waals surface area contributed by atoms with Crippen LogP contribution in [0, 0.1) is 0 Å². The maximum absolute atomic E-state index is 9.75. The van der Waals surface area contributed by atoms with Gasteiger partial charge in [-0.05, 0) is 15.9 Å². The third kappa shape index (κ3) is 0.856. The first-order chi connectivity index (χ1) is 3.43. The Labute approximate surface area is 43.5 Å². The van der Waals surface area contributed by atoms with Crippen molar-refractivity contribution in [2.75, 3.05) is 0 Å². The highest BCUT2D eigenvalue weighted by molar-refractivity contribution is 8.28. The average molecular weight is 113 g/mol. The number of aliphatic imine (C=N–C) groups is 1. The zero-order valence-corrected chi connectivity index (χ0v) is 4.31. The molecule has 0 aromatic heterocycles. The van der Waals surface area contributed by atoms with Gasteiger partial charge in [0.1, 0.15) is 0 Å². The van der Waals surface area contributed by atoms with E-state index in [1.54, 1.807) is 22.4 Å². The van der Waals surface area contributed by atoms with E-state index in [0.717, 1.165) is 0 Å². The Kier molecular flexibility index (Phi) is 1.20. The lowest BCUT2D eigenvalue weighted by Gasteiger charge is -1.68. The Morgan fingerprint density at radius 3 is 2.86 bits per heavy atom. The summed E-state index contributed by atoms with van der Waals surface area (Å²) in [4.78, 5) is 13.4. The van der Waals surface area contributed by atoms with Crippen LogP contribution in [0.2, 0.25) is 0 Å². The predicted molar refractivity (Wildman–Crippen MR) is 30.9 cm³/mol. The Balaban J connectivity index is 3.00. The van der Waals surface area contributed by atoms with Gasteiger partial charge in [0.05, 0.1) is 5.55 Å². The summed E-state index contributed by atoms with van der Waals surface area (Å²) in [7, 11) is -0.412. The van der Waals surface area contributed by atoms with Gasteiger partial charge in [-0.2, -0.15) is 0 Å². The molecular weight excluding hydrogens is 110 g/mol. The van der Waals surface area contributed by atoms with Crippen molar-refractivity contribution in [1.29, 1.82) is 0 Å². The van der Waals surface area contributed by atoms with Gasteiger partial charge in [0.2, 0.25) is 0 Å². The van der Waals surface area contributed by atoms with Gasteiger partial charge in [0.15, 0.2) is 5.23 Å². The van der Waals surface area contributed by atoms with E-state index in [4.69, 9.17) is 0 Å². The van der Waals surface area contributed by atoms with Crippen molar-refractivity contribution in [1.82, 2.24) is 0 Å². The van der Waals surface area contributed by atoms with E-state index in [-0.39, 0.29) is 0 Å². The van der Waals surface area contributed by atoms with E-state index < -0.39 is 10.5 Å². The molecule has 0 saturated carbocycles. The largest absolute Gasteiger partial charge is 0.257 e. The zero-order valence-electron chi connectivity index (χ0n) is 3.50. The molecule has 0 aromatic carbocycles. The highest BCUT2D eigenvalue weighted by Gasteiger charge is 1.86. The highest BCUT2D eigenvalue weighted by atomic mass is 32.2. The van der Waals surface area contributed by atoms with E-state index in [1.165, 1.54) is 0 Å². The van der Waals surface area contributed by atoms with Gasteiger partial charge in [-0.15, -0.1) is 0 Å². The lowest BCUT2D eigenvalue weighted by atomic mass is 11.1. The van der Waals surface area contributed by atoms with Crippen LogP contribution in [0.25, 0.3) is 0 Å². The molecule has 0 aliphatic carbocycles. The Morgan fingerprint density at radius 1 is 1.71 bits per heavy atom. The van der Waals surface area contributed by atoms with E-state index in [1.807, 2.05) is 0 Å². The van der Waals surface area contributed by atoms with Crippen LogP contribution >= 0.6 is 10.5 Å². The van der Waals surface area contributed by atoms with Crippen LogP contribution in [0.4, 0.5) is 0 Å². The highest BCUT2D eigenvalue weighted by Crippen LogP contribution is 2.12. The summed E-state index contributed by atoms with van der Waals surface area (Å²) in [6.07, 6.45) is 1.61. The fraction of sp³-hybridized carbons (Fsp3) is 0. The molecule has 1 rings (SSSR count). The van der Waals surface area contributed by atoms with Gasteiger partial charge in [-0.1, -0.05) is 0 Å². The molecule has 1 unspecified atom stereocenters. The Morgan fingerprint density at radius 2 is 2.57 bits per heavy atom. The summed E-state index contributed by atoms with van der Waals surface area (Å²) in [5.74, 6) is 0. The molecule has 1 atom stereocenters. The summed E-state index contributed by atoms with van der Waals surface area (Å²) < 4.78 is 0. The molecule has 3 heteroatoms. The molecule has 0 bridgehead atoms. The Bertz CT molecular complexity index is 162. The van der Waals surface area contributed by atoms with Crippen molar-refractivity contribution >= 4 is 21.3 Å². The minimum Gasteiger partial charge on any atom is -0.257 e. The molecule has 0 radical (unpaired) electrons. The molecule has 36 valence electrons. The minimum absolute atomic E-state index is 0.412. The summed E-state index contributed by atoms with van der Waals surface area (Å²) in [6, 6.07) is 0. The second-order valence-corrected chi connectivity index (χ2v) is 2.39. The van der Waals surface area contributed by atoms with Crippen LogP contribution in [0.1, 0.15) is 0 Å². The minimum atomic E-state index is -0.412. The van der Waals surface area contributed by atoms with Crippen molar-refractivity contribution < 1.29 is 4.79 Å². The van der Waals surface area contributed by atoms with Gasteiger partial charge in [0.25, 0.3) is 0 Å².